The average Bonchev–Trinajstić information content (AvgIpc) is 2.20. The fourth-order valence-corrected chi connectivity index (χ4v) is 0.557. The fraction of sp³-hybridized carbons (Fsp3) is 1.00. The summed E-state index contributed by atoms with van der Waals surface area (Å²) in [4.78, 5) is 0. The second-order valence-corrected chi connectivity index (χ2v) is 2.17. The Hall–Kier alpha value is -0.0800. The molecule has 0 saturated carbocycles. The van der Waals surface area contributed by atoms with E-state index in [0.29, 0.717) is 6.23 Å². The highest BCUT2D eigenvalue weighted by Gasteiger charge is 2.05. The minimum atomic E-state index is 0.296. The van der Waals surface area contributed by atoms with Gasteiger partial charge in [0.25, 0.3) is 0 Å². The number of nitrogens with one attached hydrogen (secondary N) is 1. The lowest BCUT2D eigenvalue weighted by Crippen LogP contribution is -2.17. The van der Waals surface area contributed by atoms with Crippen LogP contribution in [0.15, 0.2) is 0 Å². The van der Waals surface area contributed by atoms with Gasteiger partial charge in [-0.15, -0.1) is 0 Å². The van der Waals surface area contributed by atoms with Crippen molar-refractivity contribution in [3.63, 3.8) is 0 Å². The summed E-state index contributed by atoms with van der Waals surface area (Å²) >= 11 is 0. The lowest BCUT2D eigenvalue weighted by Gasteiger charge is -1.96. The van der Waals surface area contributed by atoms with E-state index in [0.717, 1.165) is 13.2 Å². The standard InChI is InChI=1S/C4H9NO.C3H8/c1-4-5-2-3-6-4;1-3-2/h4-5H,2-3H2,1H3;3H2,1-2H3. The van der Waals surface area contributed by atoms with Gasteiger partial charge in [-0.25, -0.2) is 0 Å². The predicted octanol–water partition coefficient (Wildman–Crippen LogP) is 1.37. The topological polar surface area (TPSA) is 21.3 Å². The van der Waals surface area contributed by atoms with Gasteiger partial charge in [-0.3, -0.25) is 5.32 Å². The first-order valence-corrected chi connectivity index (χ1v) is 3.66. The number of rotatable bonds is 0. The minimum Gasteiger partial charge on any atom is -0.362 e. The maximum absolute atomic E-state index is 5.04. The largest absolute Gasteiger partial charge is 0.362 e. The normalized spacial score (nSPS) is 25.0. The Labute approximate surface area is 57.6 Å². The van der Waals surface area contributed by atoms with Crippen LogP contribution in [0.4, 0.5) is 0 Å². The highest BCUT2D eigenvalue weighted by molar-refractivity contribution is 4.54. The highest BCUT2D eigenvalue weighted by atomic mass is 16.5. The van der Waals surface area contributed by atoms with Gasteiger partial charge in [-0.1, -0.05) is 20.3 Å². The Bertz CT molecular complexity index is 50.9. The highest BCUT2D eigenvalue weighted by Crippen LogP contribution is 1.89. The zero-order chi connectivity index (χ0) is 7.11. The molecule has 1 aliphatic rings. The molecule has 0 aromatic carbocycles. The second kappa shape index (κ2) is 6.05. The lowest BCUT2D eigenvalue weighted by atomic mass is 10.6. The molecule has 1 fully saturated rings. The van der Waals surface area contributed by atoms with Crippen molar-refractivity contribution in [2.24, 2.45) is 0 Å². The molecule has 0 aliphatic carbocycles. The first kappa shape index (κ1) is 8.92. The molecule has 2 heteroatoms. The van der Waals surface area contributed by atoms with E-state index >= 15 is 0 Å². The van der Waals surface area contributed by atoms with Crippen LogP contribution < -0.4 is 5.32 Å². The summed E-state index contributed by atoms with van der Waals surface area (Å²) in [7, 11) is 0. The maximum atomic E-state index is 5.04. The number of hydrogen-bond donors (Lipinski definition) is 1. The van der Waals surface area contributed by atoms with Crippen molar-refractivity contribution in [3.8, 4) is 0 Å². The van der Waals surface area contributed by atoms with Crippen LogP contribution >= 0.6 is 0 Å². The average molecular weight is 131 g/mol. The van der Waals surface area contributed by atoms with E-state index < -0.39 is 0 Å². The van der Waals surface area contributed by atoms with E-state index in [4.69, 9.17) is 4.74 Å². The Morgan fingerprint density at radius 1 is 1.56 bits per heavy atom. The predicted molar refractivity (Wildman–Crippen MR) is 39.4 cm³/mol. The molecule has 0 radical (unpaired) electrons. The molecule has 1 aliphatic heterocycles. The summed E-state index contributed by atoms with van der Waals surface area (Å²) in [6.07, 6.45) is 1.55. The van der Waals surface area contributed by atoms with E-state index in [-0.39, 0.29) is 0 Å². The third-order valence-corrected chi connectivity index (χ3v) is 0.902. The van der Waals surface area contributed by atoms with Crippen LogP contribution in [0, 0.1) is 0 Å². The first-order chi connectivity index (χ1) is 4.31. The van der Waals surface area contributed by atoms with Gasteiger partial charge >= 0.3 is 0 Å². The van der Waals surface area contributed by atoms with Crippen molar-refractivity contribution < 1.29 is 4.74 Å². The Morgan fingerprint density at radius 2 is 2.11 bits per heavy atom. The zero-order valence-corrected chi connectivity index (χ0v) is 6.61. The molecule has 1 unspecified atom stereocenters. The summed E-state index contributed by atoms with van der Waals surface area (Å²) in [5.41, 5.74) is 0. The van der Waals surface area contributed by atoms with Crippen LogP contribution in [0.25, 0.3) is 0 Å². The fourth-order valence-electron chi connectivity index (χ4n) is 0.557. The zero-order valence-electron chi connectivity index (χ0n) is 6.61. The number of hydrogen-bond acceptors (Lipinski definition) is 2. The third kappa shape index (κ3) is 5.80. The Morgan fingerprint density at radius 3 is 2.22 bits per heavy atom. The van der Waals surface area contributed by atoms with Gasteiger partial charge in [-0.2, -0.15) is 0 Å². The molecule has 1 N–H and O–H groups in total. The molecule has 1 atom stereocenters. The number of ether oxygens (including phenoxy) is 1. The molecule has 56 valence electrons. The monoisotopic (exact) mass is 131 g/mol. The van der Waals surface area contributed by atoms with Crippen molar-refractivity contribution in [1.29, 1.82) is 0 Å². The molecule has 1 rings (SSSR count). The molecule has 1 heterocycles. The van der Waals surface area contributed by atoms with Gasteiger partial charge in [-0.05, 0) is 6.92 Å². The van der Waals surface area contributed by atoms with E-state index in [1.165, 1.54) is 6.42 Å². The Balaban J connectivity index is 0.000000187. The molecule has 0 aromatic rings. The Kier molecular flexibility index (Phi) is 5.99. The molecule has 1 saturated heterocycles. The van der Waals surface area contributed by atoms with Crippen molar-refractivity contribution in [1.82, 2.24) is 5.32 Å². The van der Waals surface area contributed by atoms with Crippen LogP contribution in [0.1, 0.15) is 27.2 Å². The molecular formula is C7H17NO. The van der Waals surface area contributed by atoms with Gasteiger partial charge in [0.2, 0.25) is 0 Å². The third-order valence-electron chi connectivity index (χ3n) is 0.902. The van der Waals surface area contributed by atoms with Crippen molar-refractivity contribution in [2.75, 3.05) is 13.2 Å². The van der Waals surface area contributed by atoms with Crippen LogP contribution in [0.3, 0.4) is 0 Å². The molecule has 2 nitrogen and oxygen atoms in total. The summed E-state index contributed by atoms with van der Waals surface area (Å²) in [5.74, 6) is 0. The minimum absolute atomic E-state index is 0.296. The molecule has 0 spiro atoms. The van der Waals surface area contributed by atoms with Gasteiger partial charge in [0.1, 0.15) is 6.23 Å². The first-order valence-electron chi connectivity index (χ1n) is 3.66. The van der Waals surface area contributed by atoms with Crippen LogP contribution in [-0.2, 0) is 4.74 Å². The summed E-state index contributed by atoms with van der Waals surface area (Å²) in [6, 6.07) is 0. The summed E-state index contributed by atoms with van der Waals surface area (Å²) in [5, 5.41) is 3.10. The van der Waals surface area contributed by atoms with Gasteiger partial charge in [0.05, 0.1) is 6.61 Å². The molecule has 0 aromatic heterocycles. The van der Waals surface area contributed by atoms with Gasteiger partial charge in [0, 0.05) is 6.54 Å². The smallest absolute Gasteiger partial charge is 0.105 e. The van der Waals surface area contributed by atoms with E-state index in [1.807, 2.05) is 6.92 Å². The van der Waals surface area contributed by atoms with Crippen molar-refractivity contribution in [3.05, 3.63) is 0 Å². The molecule has 9 heavy (non-hydrogen) atoms. The molecule has 0 amide bonds. The molecule has 0 bridgehead atoms. The van der Waals surface area contributed by atoms with Gasteiger partial charge < -0.3 is 4.74 Å². The lowest BCUT2D eigenvalue weighted by molar-refractivity contribution is 0.116. The second-order valence-electron chi connectivity index (χ2n) is 2.17. The quantitative estimate of drug-likeness (QED) is 0.536. The van der Waals surface area contributed by atoms with Crippen molar-refractivity contribution in [2.45, 2.75) is 33.4 Å². The summed E-state index contributed by atoms with van der Waals surface area (Å²) < 4.78 is 5.04. The van der Waals surface area contributed by atoms with Crippen LogP contribution in [0.2, 0.25) is 0 Å². The van der Waals surface area contributed by atoms with Gasteiger partial charge in [0.15, 0.2) is 0 Å². The maximum Gasteiger partial charge on any atom is 0.105 e. The molecular weight excluding hydrogens is 114 g/mol. The van der Waals surface area contributed by atoms with Crippen molar-refractivity contribution >= 4 is 0 Å². The summed E-state index contributed by atoms with van der Waals surface area (Å²) in [6.45, 7) is 8.15. The van der Waals surface area contributed by atoms with Crippen LogP contribution in [0.5, 0.6) is 0 Å². The van der Waals surface area contributed by atoms with E-state index in [9.17, 15) is 0 Å². The SMILES string of the molecule is CC1NCCO1.CCC. The van der Waals surface area contributed by atoms with E-state index in [2.05, 4.69) is 19.2 Å². The van der Waals surface area contributed by atoms with E-state index in [1.54, 1.807) is 0 Å². The van der Waals surface area contributed by atoms with Crippen LogP contribution in [-0.4, -0.2) is 19.4 Å².